The molecule has 3 heteroatoms. The van der Waals surface area contributed by atoms with Crippen LogP contribution < -0.4 is 5.32 Å². The van der Waals surface area contributed by atoms with Gasteiger partial charge in [-0.2, -0.15) is 0 Å². The normalized spacial score (nSPS) is 13.4. The quantitative estimate of drug-likeness (QED) is 0.710. The lowest BCUT2D eigenvalue weighted by Crippen LogP contribution is -2.22. The van der Waals surface area contributed by atoms with Gasteiger partial charge in [0.15, 0.2) is 0 Å². The Morgan fingerprint density at radius 3 is 2.29 bits per heavy atom. The molecule has 0 amide bonds. The molecule has 1 nitrogen and oxygen atoms in total. The Balaban J connectivity index is 2.32. The van der Waals surface area contributed by atoms with Crippen LogP contribution in [0.25, 0.3) is 0 Å². The van der Waals surface area contributed by atoms with Crippen LogP contribution in [-0.2, 0) is 5.41 Å². The molecule has 1 aromatic carbocycles. The second-order valence-corrected chi connectivity index (χ2v) is 7.34. The summed E-state index contributed by atoms with van der Waals surface area (Å²) < 4.78 is 0. The lowest BCUT2D eigenvalue weighted by atomic mass is 9.82. The summed E-state index contributed by atoms with van der Waals surface area (Å²) in [6, 6.07) is 11.1. The summed E-state index contributed by atoms with van der Waals surface area (Å²) in [6.45, 7) is 9.87. The molecule has 2 rings (SSSR count). The second kappa shape index (κ2) is 6.95. The van der Waals surface area contributed by atoms with E-state index in [1.54, 1.807) is 11.3 Å². The van der Waals surface area contributed by atoms with Crippen LogP contribution in [0.15, 0.2) is 35.7 Å². The molecule has 0 spiro atoms. The standard InChI is InChI=1S/C18H24ClNS/c1-5-18(3,4)14-9-7-13(8-10-14)16(20-6-2)17-15(19)11-12-21-17/h7-12,16,20H,5-6H2,1-4H3. The van der Waals surface area contributed by atoms with E-state index in [0.717, 1.165) is 18.0 Å². The van der Waals surface area contributed by atoms with Gasteiger partial charge in [-0.15, -0.1) is 11.3 Å². The van der Waals surface area contributed by atoms with Gasteiger partial charge >= 0.3 is 0 Å². The third-order valence-corrected chi connectivity index (χ3v) is 5.65. The highest BCUT2D eigenvalue weighted by Gasteiger charge is 2.20. The van der Waals surface area contributed by atoms with Gasteiger partial charge in [0.25, 0.3) is 0 Å². The zero-order chi connectivity index (χ0) is 15.5. The van der Waals surface area contributed by atoms with E-state index in [9.17, 15) is 0 Å². The molecule has 1 atom stereocenters. The third-order valence-electron chi connectivity index (χ3n) is 4.22. The van der Waals surface area contributed by atoms with Gasteiger partial charge in [-0.1, -0.05) is 63.6 Å². The van der Waals surface area contributed by atoms with Gasteiger partial charge < -0.3 is 5.32 Å². The van der Waals surface area contributed by atoms with Crippen LogP contribution in [0.3, 0.4) is 0 Å². The number of hydrogen-bond donors (Lipinski definition) is 1. The molecular formula is C18H24ClNS. The van der Waals surface area contributed by atoms with Crippen LogP contribution in [0.2, 0.25) is 5.02 Å². The largest absolute Gasteiger partial charge is 0.306 e. The molecule has 0 saturated carbocycles. The predicted molar refractivity (Wildman–Crippen MR) is 94.6 cm³/mol. The Hall–Kier alpha value is -0.830. The van der Waals surface area contributed by atoms with E-state index < -0.39 is 0 Å². The van der Waals surface area contributed by atoms with E-state index in [1.807, 2.05) is 6.07 Å². The van der Waals surface area contributed by atoms with E-state index in [2.05, 4.69) is 62.7 Å². The number of rotatable bonds is 6. The molecule has 0 aliphatic carbocycles. The average Bonchev–Trinajstić information content (AvgIpc) is 2.91. The molecule has 0 radical (unpaired) electrons. The number of hydrogen-bond acceptors (Lipinski definition) is 2. The lowest BCUT2D eigenvalue weighted by Gasteiger charge is -2.24. The molecule has 0 aliphatic heterocycles. The Labute approximate surface area is 137 Å². The number of thiophene rings is 1. The fraction of sp³-hybridized carbons (Fsp3) is 0.444. The molecular weight excluding hydrogens is 298 g/mol. The number of benzene rings is 1. The summed E-state index contributed by atoms with van der Waals surface area (Å²) in [6.07, 6.45) is 1.14. The maximum Gasteiger partial charge on any atom is 0.0686 e. The summed E-state index contributed by atoms with van der Waals surface area (Å²) in [5.41, 5.74) is 2.89. The van der Waals surface area contributed by atoms with Crippen molar-refractivity contribution in [2.24, 2.45) is 0 Å². The molecule has 0 fully saturated rings. The summed E-state index contributed by atoms with van der Waals surface area (Å²) in [5.74, 6) is 0. The first-order chi connectivity index (χ1) is 9.99. The van der Waals surface area contributed by atoms with Crippen LogP contribution in [-0.4, -0.2) is 6.54 Å². The highest BCUT2D eigenvalue weighted by Crippen LogP contribution is 2.34. The van der Waals surface area contributed by atoms with Crippen LogP contribution in [0.1, 0.15) is 56.2 Å². The van der Waals surface area contributed by atoms with Crippen LogP contribution in [0, 0.1) is 0 Å². The van der Waals surface area contributed by atoms with Gasteiger partial charge in [0.2, 0.25) is 0 Å². The minimum atomic E-state index is 0.182. The third kappa shape index (κ3) is 3.68. The molecule has 1 aromatic heterocycles. The summed E-state index contributed by atoms with van der Waals surface area (Å²) >= 11 is 8.03. The molecule has 1 heterocycles. The van der Waals surface area contributed by atoms with Crippen LogP contribution >= 0.6 is 22.9 Å². The fourth-order valence-electron chi connectivity index (χ4n) is 2.41. The monoisotopic (exact) mass is 321 g/mol. The summed E-state index contributed by atoms with van der Waals surface area (Å²) in [7, 11) is 0. The molecule has 0 aliphatic rings. The highest BCUT2D eigenvalue weighted by molar-refractivity contribution is 7.10. The van der Waals surface area contributed by atoms with Crippen molar-refractivity contribution in [1.82, 2.24) is 5.32 Å². The van der Waals surface area contributed by atoms with E-state index >= 15 is 0 Å². The van der Waals surface area contributed by atoms with Crippen molar-refractivity contribution in [3.8, 4) is 0 Å². The number of halogens is 1. The summed E-state index contributed by atoms with van der Waals surface area (Å²) in [5, 5.41) is 6.44. The zero-order valence-electron chi connectivity index (χ0n) is 13.2. The van der Waals surface area contributed by atoms with Crippen molar-refractivity contribution in [2.45, 2.75) is 45.6 Å². The maximum atomic E-state index is 6.32. The van der Waals surface area contributed by atoms with Gasteiger partial charge in [-0.05, 0) is 41.0 Å². The van der Waals surface area contributed by atoms with Crippen molar-refractivity contribution < 1.29 is 0 Å². The molecule has 0 bridgehead atoms. The van der Waals surface area contributed by atoms with Gasteiger partial charge in [0, 0.05) is 4.88 Å². The van der Waals surface area contributed by atoms with E-state index in [1.165, 1.54) is 16.0 Å². The maximum absolute atomic E-state index is 6.32. The first kappa shape index (κ1) is 16.5. The van der Waals surface area contributed by atoms with Gasteiger partial charge in [0.1, 0.15) is 0 Å². The smallest absolute Gasteiger partial charge is 0.0686 e. The molecule has 21 heavy (non-hydrogen) atoms. The molecule has 0 saturated heterocycles. The molecule has 1 unspecified atom stereocenters. The predicted octanol–water partition coefficient (Wildman–Crippen LogP) is 5.79. The van der Waals surface area contributed by atoms with Crippen molar-refractivity contribution in [2.75, 3.05) is 6.54 Å². The van der Waals surface area contributed by atoms with E-state index in [0.29, 0.717) is 0 Å². The molecule has 1 N–H and O–H groups in total. The Morgan fingerprint density at radius 1 is 1.14 bits per heavy atom. The van der Waals surface area contributed by atoms with Gasteiger partial charge in [-0.25, -0.2) is 0 Å². The highest BCUT2D eigenvalue weighted by atomic mass is 35.5. The SMILES string of the molecule is CCNC(c1ccc(C(C)(C)CC)cc1)c1sccc1Cl. The van der Waals surface area contributed by atoms with E-state index in [-0.39, 0.29) is 11.5 Å². The van der Waals surface area contributed by atoms with E-state index in [4.69, 9.17) is 11.6 Å². The van der Waals surface area contributed by atoms with Gasteiger partial charge in [-0.3, -0.25) is 0 Å². The Morgan fingerprint density at radius 2 is 1.81 bits per heavy atom. The zero-order valence-corrected chi connectivity index (χ0v) is 14.8. The fourth-order valence-corrected chi connectivity index (χ4v) is 3.68. The van der Waals surface area contributed by atoms with Crippen molar-refractivity contribution in [3.05, 3.63) is 56.7 Å². The lowest BCUT2D eigenvalue weighted by molar-refractivity contribution is 0.506. The minimum absolute atomic E-state index is 0.182. The average molecular weight is 322 g/mol. The topological polar surface area (TPSA) is 12.0 Å². The van der Waals surface area contributed by atoms with Crippen LogP contribution in [0.5, 0.6) is 0 Å². The molecule has 2 aromatic rings. The van der Waals surface area contributed by atoms with Crippen molar-refractivity contribution >= 4 is 22.9 Å². The van der Waals surface area contributed by atoms with Crippen LogP contribution in [0.4, 0.5) is 0 Å². The van der Waals surface area contributed by atoms with Crippen molar-refractivity contribution in [3.63, 3.8) is 0 Å². The van der Waals surface area contributed by atoms with Gasteiger partial charge in [0.05, 0.1) is 11.1 Å². The molecule has 114 valence electrons. The Bertz CT molecular complexity index is 571. The first-order valence-corrected chi connectivity index (χ1v) is 8.82. The Kier molecular flexibility index (Phi) is 5.48. The minimum Gasteiger partial charge on any atom is -0.306 e. The number of nitrogens with one attached hydrogen (secondary N) is 1. The first-order valence-electron chi connectivity index (χ1n) is 7.56. The van der Waals surface area contributed by atoms with Crippen molar-refractivity contribution in [1.29, 1.82) is 0 Å². The second-order valence-electron chi connectivity index (χ2n) is 5.98. The summed E-state index contributed by atoms with van der Waals surface area (Å²) in [4.78, 5) is 1.20.